The van der Waals surface area contributed by atoms with Gasteiger partial charge in [-0.05, 0) is 49.0 Å². The molecule has 8 heteroatoms. The molecule has 1 heterocycles. The Labute approximate surface area is 161 Å². The van der Waals surface area contributed by atoms with E-state index in [1.54, 1.807) is 48.3 Å². The highest BCUT2D eigenvalue weighted by molar-refractivity contribution is 6.52. The van der Waals surface area contributed by atoms with Gasteiger partial charge in [-0.1, -0.05) is 23.7 Å². The first kappa shape index (κ1) is 18.9. The van der Waals surface area contributed by atoms with Crippen LogP contribution in [0.4, 0.5) is 10.5 Å². The molecule has 0 aromatic heterocycles. The van der Waals surface area contributed by atoms with E-state index in [-0.39, 0.29) is 6.67 Å². The van der Waals surface area contributed by atoms with Crippen molar-refractivity contribution in [2.24, 2.45) is 0 Å². The van der Waals surface area contributed by atoms with Gasteiger partial charge in [0.25, 0.3) is 0 Å². The van der Waals surface area contributed by atoms with E-state index in [2.05, 4.69) is 0 Å². The Hall–Kier alpha value is -2.90. The Morgan fingerprint density at radius 1 is 0.963 bits per heavy atom. The summed E-state index contributed by atoms with van der Waals surface area (Å²) < 4.78 is 5.06. The second-order valence-corrected chi connectivity index (χ2v) is 6.57. The van der Waals surface area contributed by atoms with E-state index in [4.69, 9.17) is 16.3 Å². The fraction of sp³-hybridized carbons (Fsp3) is 0.211. The summed E-state index contributed by atoms with van der Waals surface area (Å²) >= 11 is 5.87. The lowest BCUT2D eigenvalue weighted by molar-refractivity contribution is -0.140. The Morgan fingerprint density at radius 2 is 1.59 bits per heavy atom. The van der Waals surface area contributed by atoms with Gasteiger partial charge in [0.1, 0.15) is 5.75 Å². The number of carbonyl (C=O) groups is 3. The molecule has 0 saturated carbocycles. The second kappa shape index (κ2) is 7.77. The molecule has 0 atom stereocenters. The number of hydrogen-bond donors (Lipinski definition) is 0. The highest BCUT2D eigenvalue weighted by Crippen LogP contribution is 2.25. The maximum atomic E-state index is 12.6. The topological polar surface area (TPSA) is 70.2 Å². The number of imide groups is 2. The molecule has 0 aliphatic carbocycles. The van der Waals surface area contributed by atoms with Gasteiger partial charge in [-0.25, -0.2) is 14.6 Å². The summed E-state index contributed by atoms with van der Waals surface area (Å²) in [6.07, 6.45) is 0. The highest BCUT2D eigenvalue weighted by atomic mass is 35.5. The molecule has 0 bridgehead atoms. The van der Waals surface area contributed by atoms with Gasteiger partial charge in [0.05, 0.1) is 19.5 Å². The summed E-state index contributed by atoms with van der Waals surface area (Å²) in [5, 5.41) is 0.632. The molecular formula is C19H18ClN3O4. The summed E-state index contributed by atoms with van der Waals surface area (Å²) in [5.41, 5.74) is 1.29. The standard InChI is InChI=1S/C19H18ClN3O4/c1-21(11-13-3-5-14(20)6-4-13)12-22-17(24)18(25)23(19(22)26)15-7-9-16(27-2)10-8-15/h3-10H,11-12H2,1-2H3. The number of hydrogen-bond acceptors (Lipinski definition) is 5. The lowest BCUT2D eigenvalue weighted by Crippen LogP contribution is -2.40. The van der Waals surface area contributed by atoms with E-state index in [1.807, 2.05) is 12.1 Å². The molecule has 0 unspecified atom stereocenters. The van der Waals surface area contributed by atoms with Crippen molar-refractivity contribution in [3.8, 4) is 5.75 Å². The minimum atomic E-state index is -0.870. The van der Waals surface area contributed by atoms with Crippen molar-refractivity contribution in [2.75, 3.05) is 25.7 Å². The van der Waals surface area contributed by atoms with Crippen LogP contribution in [0.25, 0.3) is 0 Å². The number of methoxy groups -OCH3 is 1. The average Bonchev–Trinajstić information content (AvgIpc) is 2.87. The molecule has 27 heavy (non-hydrogen) atoms. The van der Waals surface area contributed by atoms with Crippen molar-refractivity contribution in [2.45, 2.75) is 6.54 Å². The van der Waals surface area contributed by atoms with Crippen molar-refractivity contribution >= 4 is 35.1 Å². The number of nitrogens with zero attached hydrogens (tertiary/aromatic N) is 3. The third-order valence-electron chi connectivity index (χ3n) is 4.13. The summed E-state index contributed by atoms with van der Waals surface area (Å²) in [5.74, 6) is -1.13. The summed E-state index contributed by atoms with van der Waals surface area (Å²) in [7, 11) is 3.28. The number of anilines is 1. The Bertz CT molecular complexity index is 868. The van der Waals surface area contributed by atoms with Crippen LogP contribution >= 0.6 is 11.6 Å². The van der Waals surface area contributed by atoms with Crippen LogP contribution in [0.5, 0.6) is 5.75 Å². The van der Waals surface area contributed by atoms with Crippen LogP contribution in [0.2, 0.25) is 5.02 Å². The van der Waals surface area contributed by atoms with E-state index in [9.17, 15) is 14.4 Å². The van der Waals surface area contributed by atoms with Crippen molar-refractivity contribution in [3.05, 3.63) is 59.1 Å². The molecule has 1 fully saturated rings. The molecule has 3 rings (SSSR count). The van der Waals surface area contributed by atoms with E-state index in [1.165, 1.54) is 7.11 Å². The summed E-state index contributed by atoms with van der Waals surface area (Å²) in [4.78, 5) is 40.8. The SMILES string of the molecule is COc1ccc(N2C(=O)C(=O)N(CN(C)Cc3ccc(Cl)cc3)C2=O)cc1. The van der Waals surface area contributed by atoms with Gasteiger partial charge >= 0.3 is 17.8 Å². The minimum absolute atomic E-state index is 0.00130. The Balaban J connectivity index is 1.72. The molecule has 2 aromatic rings. The summed E-state index contributed by atoms with van der Waals surface area (Å²) in [6, 6.07) is 13.0. The van der Waals surface area contributed by atoms with Gasteiger partial charge < -0.3 is 4.74 Å². The maximum Gasteiger partial charge on any atom is 0.340 e. The molecule has 1 aliphatic rings. The van der Waals surface area contributed by atoms with Crippen molar-refractivity contribution in [1.29, 1.82) is 0 Å². The fourth-order valence-corrected chi connectivity index (χ4v) is 2.91. The van der Waals surface area contributed by atoms with Crippen LogP contribution in [0, 0.1) is 0 Å². The van der Waals surface area contributed by atoms with Crippen molar-refractivity contribution in [1.82, 2.24) is 9.80 Å². The van der Waals surface area contributed by atoms with Crippen molar-refractivity contribution in [3.63, 3.8) is 0 Å². The number of ether oxygens (including phenoxy) is 1. The number of halogens is 1. The number of rotatable bonds is 6. The first-order valence-electron chi connectivity index (χ1n) is 8.17. The van der Waals surface area contributed by atoms with Gasteiger partial charge in [-0.15, -0.1) is 0 Å². The van der Waals surface area contributed by atoms with Crippen LogP contribution in [0.1, 0.15) is 5.56 Å². The monoisotopic (exact) mass is 387 g/mol. The van der Waals surface area contributed by atoms with Gasteiger partial charge in [0.15, 0.2) is 0 Å². The van der Waals surface area contributed by atoms with Crippen LogP contribution in [-0.2, 0) is 16.1 Å². The zero-order valence-electron chi connectivity index (χ0n) is 14.9. The molecule has 0 N–H and O–H groups in total. The first-order chi connectivity index (χ1) is 12.9. The summed E-state index contributed by atoms with van der Waals surface area (Å²) in [6.45, 7) is 0.490. The van der Waals surface area contributed by atoms with Gasteiger partial charge in [0.2, 0.25) is 0 Å². The molecular weight excluding hydrogens is 370 g/mol. The lowest BCUT2D eigenvalue weighted by atomic mass is 10.2. The molecule has 0 radical (unpaired) electrons. The number of amides is 4. The third kappa shape index (κ3) is 3.94. The number of benzene rings is 2. The highest BCUT2D eigenvalue weighted by Gasteiger charge is 2.45. The number of urea groups is 1. The molecule has 1 saturated heterocycles. The second-order valence-electron chi connectivity index (χ2n) is 6.14. The minimum Gasteiger partial charge on any atom is -0.497 e. The molecule has 4 amide bonds. The lowest BCUT2D eigenvalue weighted by Gasteiger charge is -2.22. The van der Waals surface area contributed by atoms with Crippen LogP contribution in [0.15, 0.2) is 48.5 Å². The molecule has 2 aromatic carbocycles. The van der Waals surface area contributed by atoms with Crippen molar-refractivity contribution < 1.29 is 19.1 Å². The molecule has 7 nitrogen and oxygen atoms in total. The van der Waals surface area contributed by atoms with E-state index < -0.39 is 17.8 Å². The van der Waals surface area contributed by atoms with E-state index in [0.29, 0.717) is 23.0 Å². The molecule has 0 spiro atoms. The predicted octanol–water partition coefficient (Wildman–Crippen LogP) is 2.73. The van der Waals surface area contributed by atoms with Crippen LogP contribution in [-0.4, -0.2) is 48.5 Å². The van der Waals surface area contributed by atoms with Gasteiger partial charge in [0, 0.05) is 11.6 Å². The third-order valence-corrected chi connectivity index (χ3v) is 4.38. The average molecular weight is 388 g/mol. The smallest absolute Gasteiger partial charge is 0.340 e. The van der Waals surface area contributed by atoms with Gasteiger partial charge in [-0.2, -0.15) is 0 Å². The maximum absolute atomic E-state index is 12.6. The molecule has 1 aliphatic heterocycles. The Morgan fingerprint density at radius 3 is 2.19 bits per heavy atom. The predicted molar refractivity (Wildman–Crippen MR) is 101 cm³/mol. The largest absolute Gasteiger partial charge is 0.497 e. The first-order valence-corrected chi connectivity index (χ1v) is 8.55. The zero-order chi connectivity index (χ0) is 19.6. The Kier molecular flexibility index (Phi) is 5.43. The van der Waals surface area contributed by atoms with E-state index >= 15 is 0 Å². The zero-order valence-corrected chi connectivity index (χ0v) is 15.6. The molecule has 140 valence electrons. The fourth-order valence-electron chi connectivity index (χ4n) is 2.78. The quantitative estimate of drug-likeness (QED) is 0.563. The van der Waals surface area contributed by atoms with Gasteiger partial charge in [-0.3, -0.25) is 14.5 Å². The van der Waals surface area contributed by atoms with Crippen LogP contribution in [0.3, 0.4) is 0 Å². The van der Waals surface area contributed by atoms with Crippen LogP contribution < -0.4 is 9.64 Å². The normalized spacial score (nSPS) is 14.4. The number of carbonyl (C=O) groups excluding carboxylic acids is 3. The van der Waals surface area contributed by atoms with E-state index in [0.717, 1.165) is 15.4 Å².